The number of nitrogens with zero attached hydrogens (tertiary/aromatic N) is 1. The van der Waals surface area contributed by atoms with Gasteiger partial charge in [0.15, 0.2) is 8.29 Å². The van der Waals surface area contributed by atoms with E-state index in [9.17, 15) is 4.79 Å². The lowest BCUT2D eigenvalue weighted by molar-refractivity contribution is -0.118. The van der Waals surface area contributed by atoms with Crippen LogP contribution in [0.4, 0.5) is 0 Å². The quantitative estimate of drug-likeness (QED) is 0.654. The lowest BCUT2D eigenvalue weighted by atomic mass is 10.0. The van der Waals surface area contributed by atoms with Gasteiger partial charge in [-0.05, 0) is 42.8 Å². The molecule has 0 aliphatic heterocycles. The van der Waals surface area contributed by atoms with E-state index in [1.54, 1.807) is 0 Å². The number of benzene rings is 1. The molecule has 1 aromatic carbocycles. The van der Waals surface area contributed by atoms with Crippen LogP contribution >= 0.6 is 35.3 Å². The number of carbonyl (C=O) groups is 1. The number of aryl methyl sites for hydroxylation is 2. The van der Waals surface area contributed by atoms with Crippen molar-refractivity contribution in [3.8, 4) is 0 Å². The predicted octanol–water partition coefficient (Wildman–Crippen LogP) is 3.23. The summed E-state index contributed by atoms with van der Waals surface area (Å²) < 4.78 is 1.42. The Kier molecular flexibility index (Phi) is 5.33. The number of nitrogens with one attached hydrogen (secondary N) is 2. The summed E-state index contributed by atoms with van der Waals surface area (Å²) in [5, 5.41) is 9.64. The molecular weight excluding hydrogens is 310 g/mol. The van der Waals surface area contributed by atoms with Crippen molar-refractivity contribution >= 4 is 41.2 Å². The first kappa shape index (κ1) is 15.2. The molecule has 0 spiro atoms. The van der Waals surface area contributed by atoms with Crippen LogP contribution in [-0.2, 0) is 11.3 Å². The molecule has 0 aliphatic rings. The van der Waals surface area contributed by atoms with Crippen molar-refractivity contribution in [3.63, 3.8) is 0 Å². The summed E-state index contributed by atoms with van der Waals surface area (Å²) in [4.78, 5) is 11.8. The number of aromatic amines is 1. The van der Waals surface area contributed by atoms with Gasteiger partial charge in [-0.3, -0.25) is 9.89 Å². The van der Waals surface area contributed by atoms with Gasteiger partial charge in [0.05, 0.1) is 5.75 Å². The first-order valence-electron chi connectivity index (χ1n) is 6.06. The van der Waals surface area contributed by atoms with E-state index in [0.29, 0.717) is 16.3 Å². The summed E-state index contributed by atoms with van der Waals surface area (Å²) in [5.41, 5.74) is 3.58. The number of carbonyl (C=O) groups excluding carboxylic acids is 1. The fraction of sp³-hybridized carbons (Fsp3) is 0.308. The van der Waals surface area contributed by atoms with Gasteiger partial charge in [-0.1, -0.05) is 41.3 Å². The van der Waals surface area contributed by atoms with E-state index in [4.69, 9.17) is 12.2 Å². The van der Waals surface area contributed by atoms with E-state index < -0.39 is 0 Å². The molecule has 0 saturated heterocycles. The van der Waals surface area contributed by atoms with Crippen LogP contribution in [0.2, 0.25) is 0 Å². The molecule has 0 atom stereocenters. The van der Waals surface area contributed by atoms with Crippen LogP contribution in [0.5, 0.6) is 0 Å². The van der Waals surface area contributed by atoms with Crippen molar-refractivity contribution in [2.45, 2.75) is 24.7 Å². The molecule has 0 fully saturated rings. The molecule has 2 aromatic rings. The molecule has 20 heavy (non-hydrogen) atoms. The number of rotatable bonds is 5. The topological polar surface area (TPSA) is 57.8 Å². The zero-order valence-corrected chi connectivity index (χ0v) is 13.7. The van der Waals surface area contributed by atoms with Crippen molar-refractivity contribution in [2.24, 2.45) is 0 Å². The highest BCUT2D eigenvalue weighted by Gasteiger charge is 2.07. The molecule has 0 aliphatic carbocycles. The highest BCUT2D eigenvalue weighted by molar-refractivity contribution is 8.01. The van der Waals surface area contributed by atoms with Crippen LogP contribution in [0.3, 0.4) is 0 Å². The Morgan fingerprint density at radius 3 is 2.75 bits per heavy atom. The maximum Gasteiger partial charge on any atom is 0.230 e. The molecule has 0 radical (unpaired) electrons. The Bertz CT molecular complexity index is 643. The minimum atomic E-state index is -0.00114. The molecule has 106 valence electrons. The van der Waals surface area contributed by atoms with Crippen molar-refractivity contribution in [3.05, 3.63) is 38.8 Å². The molecule has 2 N–H and O–H groups in total. The summed E-state index contributed by atoms with van der Waals surface area (Å²) in [7, 11) is 0. The highest BCUT2D eigenvalue weighted by Crippen LogP contribution is 2.19. The molecule has 0 unspecified atom stereocenters. The van der Waals surface area contributed by atoms with Gasteiger partial charge in [0, 0.05) is 6.54 Å². The van der Waals surface area contributed by atoms with Crippen LogP contribution in [0.15, 0.2) is 22.5 Å². The fourth-order valence-corrected chi connectivity index (χ4v) is 3.68. The molecule has 4 nitrogen and oxygen atoms in total. The van der Waals surface area contributed by atoms with Gasteiger partial charge in [0.2, 0.25) is 5.91 Å². The number of hydrogen-bond acceptors (Lipinski definition) is 5. The third kappa shape index (κ3) is 4.16. The Labute approximate surface area is 131 Å². The van der Waals surface area contributed by atoms with Gasteiger partial charge in [0.1, 0.15) is 0 Å². The van der Waals surface area contributed by atoms with E-state index >= 15 is 0 Å². The monoisotopic (exact) mass is 325 g/mol. The lowest BCUT2D eigenvalue weighted by Crippen LogP contribution is -2.25. The first-order valence-corrected chi connectivity index (χ1v) is 8.27. The van der Waals surface area contributed by atoms with Crippen LogP contribution in [0.25, 0.3) is 0 Å². The molecule has 0 bridgehead atoms. The van der Waals surface area contributed by atoms with Crippen LogP contribution < -0.4 is 5.32 Å². The van der Waals surface area contributed by atoms with Gasteiger partial charge < -0.3 is 5.32 Å². The molecule has 0 saturated carbocycles. The predicted molar refractivity (Wildman–Crippen MR) is 85.8 cm³/mol. The number of thioether (sulfide) groups is 1. The summed E-state index contributed by atoms with van der Waals surface area (Å²) >= 11 is 7.71. The molecule has 1 aromatic heterocycles. The minimum Gasteiger partial charge on any atom is -0.351 e. The summed E-state index contributed by atoms with van der Waals surface area (Å²) in [5.74, 6) is 0.347. The van der Waals surface area contributed by atoms with E-state index in [-0.39, 0.29) is 5.91 Å². The van der Waals surface area contributed by atoms with Crippen LogP contribution in [-0.4, -0.2) is 21.9 Å². The van der Waals surface area contributed by atoms with E-state index in [2.05, 4.69) is 41.5 Å². The zero-order valence-electron chi connectivity index (χ0n) is 11.2. The molecule has 1 amide bonds. The maximum atomic E-state index is 11.8. The van der Waals surface area contributed by atoms with Crippen molar-refractivity contribution in [1.82, 2.24) is 15.5 Å². The van der Waals surface area contributed by atoms with Gasteiger partial charge in [-0.25, -0.2) is 0 Å². The Hall–Kier alpha value is -1.18. The second-order valence-electron chi connectivity index (χ2n) is 4.31. The SMILES string of the molecule is Cc1cccc(C)c1CNC(=O)CSc1n[nH]c(=S)s1. The van der Waals surface area contributed by atoms with Crippen LogP contribution in [0, 0.1) is 17.8 Å². The summed E-state index contributed by atoms with van der Waals surface area (Å²) in [6.07, 6.45) is 0. The number of amides is 1. The maximum absolute atomic E-state index is 11.8. The third-order valence-corrected chi connectivity index (χ3v) is 5.08. The Balaban J connectivity index is 1.85. The normalized spacial score (nSPS) is 10.5. The lowest BCUT2D eigenvalue weighted by Gasteiger charge is -2.10. The second-order valence-corrected chi connectivity index (χ2v) is 7.20. The van der Waals surface area contributed by atoms with Crippen LogP contribution in [0.1, 0.15) is 16.7 Å². The number of H-pyrrole nitrogens is 1. The van der Waals surface area contributed by atoms with Gasteiger partial charge >= 0.3 is 0 Å². The van der Waals surface area contributed by atoms with Gasteiger partial charge in [0.25, 0.3) is 0 Å². The van der Waals surface area contributed by atoms with Crippen molar-refractivity contribution < 1.29 is 4.79 Å². The Morgan fingerprint density at radius 1 is 1.45 bits per heavy atom. The summed E-state index contributed by atoms with van der Waals surface area (Å²) in [6.45, 7) is 4.67. The second kappa shape index (κ2) is 7.01. The smallest absolute Gasteiger partial charge is 0.230 e. The third-order valence-electron chi connectivity index (χ3n) is 2.85. The Morgan fingerprint density at radius 2 is 2.15 bits per heavy atom. The summed E-state index contributed by atoms with van der Waals surface area (Å²) in [6, 6.07) is 6.14. The van der Waals surface area contributed by atoms with E-state index in [1.165, 1.54) is 39.8 Å². The van der Waals surface area contributed by atoms with E-state index in [1.807, 2.05) is 6.07 Å². The molecule has 2 rings (SSSR count). The number of hydrogen-bond donors (Lipinski definition) is 2. The van der Waals surface area contributed by atoms with Gasteiger partial charge in [-0.2, -0.15) is 5.10 Å². The standard InChI is InChI=1S/C13H15N3OS3/c1-8-4-3-5-9(2)10(8)6-14-11(17)7-19-13-16-15-12(18)20-13/h3-5H,6-7H2,1-2H3,(H,14,17)(H,15,18). The molecule has 7 heteroatoms. The minimum absolute atomic E-state index is 0.00114. The van der Waals surface area contributed by atoms with Gasteiger partial charge in [-0.15, -0.1) is 0 Å². The average molecular weight is 325 g/mol. The van der Waals surface area contributed by atoms with Crippen molar-refractivity contribution in [1.29, 1.82) is 0 Å². The highest BCUT2D eigenvalue weighted by atomic mass is 32.2. The van der Waals surface area contributed by atoms with Crippen molar-refractivity contribution in [2.75, 3.05) is 5.75 Å². The number of aromatic nitrogens is 2. The largest absolute Gasteiger partial charge is 0.351 e. The zero-order chi connectivity index (χ0) is 14.5. The fourth-order valence-electron chi connectivity index (χ4n) is 1.77. The molecule has 1 heterocycles. The average Bonchev–Trinajstić information content (AvgIpc) is 2.82. The molecular formula is C13H15N3OS3. The first-order chi connectivity index (χ1) is 9.56. The van der Waals surface area contributed by atoms with E-state index in [0.717, 1.165) is 4.34 Å².